The van der Waals surface area contributed by atoms with Crippen LogP contribution >= 0.6 is 0 Å². The van der Waals surface area contributed by atoms with Crippen LogP contribution in [0.2, 0.25) is 0 Å². The number of fused-ring (bicyclic) bond motifs is 2. The van der Waals surface area contributed by atoms with E-state index >= 15 is 0 Å². The summed E-state index contributed by atoms with van der Waals surface area (Å²) in [5, 5.41) is 10.9. The molecule has 8 nitrogen and oxygen atoms in total. The number of aromatic nitrogens is 2. The zero-order valence-electron chi connectivity index (χ0n) is 27.5. The number of aryl methyl sites for hydroxylation is 1. The van der Waals surface area contributed by atoms with Crippen molar-refractivity contribution in [1.29, 1.82) is 0 Å². The minimum absolute atomic E-state index is 0.155. The summed E-state index contributed by atoms with van der Waals surface area (Å²) >= 11 is 0. The Morgan fingerprint density at radius 2 is 1.63 bits per heavy atom. The molecule has 0 spiro atoms. The highest BCUT2D eigenvalue weighted by atomic mass is 16.5. The first-order valence-corrected chi connectivity index (χ1v) is 16.3. The molecular formula is C38H45N5O3. The van der Waals surface area contributed by atoms with Gasteiger partial charge in [-0.2, -0.15) is 5.10 Å². The van der Waals surface area contributed by atoms with E-state index in [1.165, 1.54) is 5.56 Å². The van der Waals surface area contributed by atoms with Gasteiger partial charge in [-0.3, -0.25) is 15.0 Å². The van der Waals surface area contributed by atoms with Crippen molar-refractivity contribution in [2.75, 3.05) is 24.3 Å². The third kappa shape index (κ3) is 7.18. The molecule has 0 radical (unpaired) electrons. The van der Waals surface area contributed by atoms with E-state index in [0.717, 1.165) is 54.7 Å². The predicted octanol–water partition coefficient (Wildman–Crippen LogP) is 7.80. The predicted molar refractivity (Wildman–Crippen MR) is 183 cm³/mol. The van der Waals surface area contributed by atoms with Gasteiger partial charge in [0.25, 0.3) is 0 Å². The maximum absolute atomic E-state index is 13.2. The third-order valence-electron chi connectivity index (χ3n) is 9.41. The molecule has 8 heteroatoms. The van der Waals surface area contributed by atoms with Crippen LogP contribution in [0.15, 0.2) is 78.9 Å². The van der Waals surface area contributed by atoms with Crippen LogP contribution in [0.25, 0.3) is 5.69 Å². The Morgan fingerprint density at radius 3 is 2.33 bits per heavy atom. The number of benzene rings is 3. The van der Waals surface area contributed by atoms with Crippen LogP contribution in [-0.2, 0) is 11.8 Å². The molecule has 4 aromatic rings. The van der Waals surface area contributed by atoms with Gasteiger partial charge in [0.05, 0.1) is 25.0 Å². The average Bonchev–Trinajstić information content (AvgIpc) is 3.54. The zero-order valence-corrected chi connectivity index (χ0v) is 27.5. The Bertz CT molecular complexity index is 1690. The minimum Gasteiger partial charge on any atom is -0.497 e. The van der Waals surface area contributed by atoms with Gasteiger partial charge in [0.2, 0.25) is 0 Å². The molecule has 2 amide bonds. The topological polar surface area (TPSA) is 88.5 Å². The highest BCUT2D eigenvalue weighted by molar-refractivity contribution is 5.99. The Balaban J connectivity index is 1.08. The number of nitrogens with one attached hydrogen (secondary N) is 2. The summed E-state index contributed by atoms with van der Waals surface area (Å²) in [6.45, 7) is 8.85. The van der Waals surface area contributed by atoms with Gasteiger partial charge in [0.15, 0.2) is 5.78 Å². The Hall–Kier alpha value is -4.43. The third-order valence-corrected chi connectivity index (χ3v) is 9.41. The molecule has 0 saturated carbocycles. The fraction of sp³-hybridized carbons (Fsp3) is 0.395. The number of methoxy groups -OCH3 is 1. The molecule has 240 valence electrons. The van der Waals surface area contributed by atoms with Crippen molar-refractivity contribution in [3.63, 3.8) is 0 Å². The highest BCUT2D eigenvalue weighted by Crippen LogP contribution is 2.40. The van der Waals surface area contributed by atoms with Crippen LogP contribution < -0.4 is 15.4 Å². The number of piperidine rings is 1. The van der Waals surface area contributed by atoms with Crippen molar-refractivity contribution < 1.29 is 14.3 Å². The average molecular weight is 620 g/mol. The standard InChI is InChI=1S/C38H45N5O3/c1-25-12-14-30(15-13-25)43-36(23-35(41-43)38(2,3)4)40-37(45)39-29-10-6-8-26(19-29)18-27-20-31-16-17-32(21-27)42(31)24-34(44)28-9-7-11-33(22-28)46-5/h6-15,19,22-23,27,31-32H,16-18,20-21,24H2,1-5H3,(H2,39,40,45). The van der Waals surface area contributed by atoms with Gasteiger partial charge in [-0.05, 0) is 86.9 Å². The summed E-state index contributed by atoms with van der Waals surface area (Å²) < 4.78 is 7.11. The molecule has 3 aromatic carbocycles. The molecule has 2 aliphatic heterocycles. The zero-order chi connectivity index (χ0) is 32.4. The second-order valence-corrected chi connectivity index (χ2v) is 13.9. The number of rotatable bonds is 9. The van der Waals surface area contributed by atoms with Gasteiger partial charge in [-0.25, -0.2) is 9.48 Å². The number of urea groups is 1. The van der Waals surface area contributed by atoms with Gasteiger partial charge in [0.1, 0.15) is 11.6 Å². The summed E-state index contributed by atoms with van der Waals surface area (Å²) in [6.07, 6.45) is 5.41. The van der Waals surface area contributed by atoms with Crippen LogP contribution in [0.4, 0.5) is 16.3 Å². The number of ketones is 1. The molecule has 2 atom stereocenters. The number of hydrogen-bond acceptors (Lipinski definition) is 5. The van der Waals surface area contributed by atoms with E-state index < -0.39 is 0 Å². The van der Waals surface area contributed by atoms with Crippen LogP contribution in [0, 0.1) is 12.8 Å². The van der Waals surface area contributed by atoms with Gasteiger partial charge in [-0.15, -0.1) is 0 Å². The van der Waals surface area contributed by atoms with Crippen LogP contribution in [0.5, 0.6) is 5.75 Å². The van der Waals surface area contributed by atoms with Crippen molar-refractivity contribution in [2.24, 2.45) is 5.92 Å². The fourth-order valence-electron chi connectivity index (χ4n) is 6.97. The maximum atomic E-state index is 13.2. The molecular weight excluding hydrogens is 574 g/mol. The fourth-order valence-corrected chi connectivity index (χ4v) is 6.97. The highest BCUT2D eigenvalue weighted by Gasteiger charge is 2.41. The number of carbonyl (C=O) groups excluding carboxylic acids is 2. The first-order valence-electron chi connectivity index (χ1n) is 16.3. The normalized spacial score (nSPS) is 19.5. The smallest absolute Gasteiger partial charge is 0.324 e. The summed E-state index contributed by atoms with van der Waals surface area (Å²) in [7, 11) is 1.63. The van der Waals surface area contributed by atoms with E-state index in [2.05, 4.69) is 55.4 Å². The Morgan fingerprint density at radius 1 is 0.913 bits per heavy atom. The first kappa shape index (κ1) is 31.5. The van der Waals surface area contributed by atoms with Crippen LogP contribution in [-0.4, -0.2) is 52.2 Å². The largest absolute Gasteiger partial charge is 0.497 e. The number of ether oxygens (including phenoxy) is 1. The van der Waals surface area contributed by atoms with Gasteiger partial charge in [-0.1, -0.05) is 62.7 Å². The van der Waals surface area contributed by atoms with Gasteiger partial charge < -0.3 is 10.1 Å². The minimum atomic E-state index is -0.307. The lowest BCUT2D eigenvalue weighted by atomic mass is 9.85. The monoisotopic (exact) mass is 619 g/mol. The molecule has 46 heavy (non-hydrogen) atoms. The lowest BCUT2D eigenvalue weighted by molar-refractivity contribution is 0.0744. The van der Waals surface area contributed by atoms with Gasteiger partial charge >= 0.3 is 6.03 Å². The van der Waals surface area contributed by atoms with E-state index in [-0.39, 0.29) is 17.2 Å². The lowest BCUT2D eigenvalue weighted by Crippen LogP contribution is -2.45. The number of carbonyl (C=O) groups is 2. The van der Waals surface area contributed by atoms with Crippen LogP contribution in [0.3, 0.4) is 0 Å². The second-order valence-electron chi connectivity index (χ2n) is 13.9. The summed E-state index contributed by atoms with van der Waals surface area (Å²) in [6, 6.07) is 26.2. The van der Waals surface area contributed by atoms with E-state index in [0.29, 0.717) is 41.7 Å². The molecule has 2 unspecified atom stereocenters. The van der Waals surface area contributed by atoms with E-state index in [4.69, 9.17) is 9.84 Å². The summed E-state index contributed by atoms with van der Waals surface area (Å²) in [4.78, 5) is 28.8. The first-order chi connectivity index (χ1) is 22.1. The van der Waals surface area contributed by atoms with Crippen molar-refractivity contribution in [3.8, 4) is 11.4 Å². The summed E-state index contributed by atoms with van der Waals surface area (Å²) in [5.74, 6) is 2.03. The van der Waals surface area contributed by atoms with E-state index in [1.54, 1.807) is 11.8 Å². The lowest BCUT2D eigenvalue weighted by Gasteiger charge is -2.38. The van der Waals surface area contributed by atoms with Crippen molar-refractivity contribution in [2.45, 2.75) is 77.3 Å². The number of Topliss-reactive ketones (excluding diaryl/α,β-unsaturated/α-hetero) is 1. The number of hydrogen-bond donors (Lipinski definition) is 2. The molecule has 2 saturated heterocycles. The summed E-state index contributed by atoms with van der Waals surface area (Å²) in [5.41, 5.74) is 5.47. The quantitative estimate of drug-likeness (QED) is 0.187. The molecule has 2 N–H and O–H groups in total. The molecule has 6 rings (SSSR count). The maximum Gasteiger partial charge on any atom is 0.324 e. The second kappa shape index (κ2) is 13.1. The molecule has 2 bridgehead atoms. The Kier molecular flexibility index (Phi) is 9.00. The molecule has 2 fully saturated rings. The SMILES string of the molecule is COc1cccc(C(=O)CN2C3CCC2CC(Cc2cccc(NC(=O)Nc4cc(C(C)(C)C)nn4-c4ccc(C)cc4)c2)C3)c1. The molecule has 2 aliphatic rings. The van der Waals surface area contributed by atoms with Crippen LogP contribution in [0.1, 0.15) is 73.6 Å². The van der Waals surface area contributed by atoms with Crippen molar-refractivity contribution in [3.05, 3.63) is 101 Å². The molecule has 3 heterocycles. The van der Waals surface area contributed by atoms with E-state index in [1.807, 2.05) is 66.7 Å². The van der Waals surface area contributed by atoms with Crippen molar-refractivity contribution >= 4 is 23.3 Å². The number of amides is 2. The molecule has 1 aromatic heterocycles. The molecule has 0 aliphatic carbocycles. The Labute approximate surface area is 272 Å². The van der Waals surface area contributed by atoms with Crippen molar-refractivity contribution in [1.82, 2.24) is 14.7 Å². The van der Waals surface area contributed by atoms with E-state index in [9.17, 15) is 9.59 Å². The number of nitrogens with zero attached hydrogens (tertiary/aromatic N) is 3. The number of anilines is 2. The van der Waals surface area contributed by atoms with Gasteiger partial charge in [0, 0.05) is 34.8 Å².